The van der Waals surface area contributed by atoms with Crippen molar-refractivity contribution in [1.29, 1.82) is 0 Å². The van der Waals surface area contributed by atoms with Crippen molar-refractivity contribution in [2.75, 3.05) is 13.7 Å². The second-order valence-corrected chi connectivity index (χ2v) is 8.38. The lowest BCUT2D eigenvalue weighted by Gasteiger charge is -2.12. The summed E-state index contributed by atoms with van der Waals surface area (Å²) in [6.45, 7) is 1.62. The number of hydrogen-bond donors (Lipinski definition) is 1. The van der Waals surface area contributed by atoms with Crippen molar-refractivity contribution in [3.63, 3.8) is 0 Å². The SMILES string of the molecule is COC(=O)COc1ccc(SCc2cc(-c3ccc(C(F)(F)F)cc3)ccc2C(=O)O)cc1C. The molecule has 0 radical (unpaired) electrons. The van der Waals surface area contributed by atoms with Gasteiger partial charge in [-0.3, -0.25) is 0 Å². The zero-order valence-electron chi connectivity index (χ0n) is 18.3. The number of carboxylic acid groups (broad SMARTS) is 1. The highest BCUT2D eigenvalue weighted by atomic mass is 32.2. The Bertz CT molecular complexity index is 1190. The summed E-state index contributed by atoms with van der Waals surface area (Å²) in [5.74, 6) is -0.715. The number of carbonyl (C=O) groups is 2. The number of halogens is 3. The number of rotatable bonds is 8. The molecule has 0 aliphatic heterocycles. The van der Waals surface area contributed by atoms with Crippen LogP contribution in [0.25, 0.3) is 11.1 Å². The Morgan fingerprint density at radius 2 is 1.65 bits per heavy atom. The van der Waals surface area contributed by atoms with Gasteiger partial charge in [0.1, 0.15) is 5.75 Å². The number of carbonyl (C=O) groups excluding carboxylic acids is 1. The zero-order chi connectivity index (χ0) is 24.9. The number of hydrogen-bond acceptors (Lipinski definition) is 5. The molecule has 1 N–H and O–H groups in total. The van der Waals surface area contributed by atoms with E-state index in [0.29, 0.717) is 28.2 Å². The standard InChI is InChI=1S/C25H21F3O5S/c1-15-11-20(8-10-22(15)33-13-23(29)32-2)34-14-18-12-17(5-9-21(18)24(30)31)16-3-6-19(7-4-16)25(26,27)28/h3-12H,13-14H2,1-2H3,(H,30,31). The van der Waals surface area contributed by atoms with Crippen LogP contribution < -0.4 is 4.74 Å². The van der Waals surface area contributed by atoms with Crippen molar-refractivity contribution in [1.82, 2.24) is 0 Å². The second kappa shape index (κ2) is 10.6. The third-order valence-corrected chi connectivity index (χ3v) is 6.04. The highest BCUT2D eigenvalue weighted by molar-refractivity contribution is 7.98. The maximum Gasteiger partial charge on any atom is 0.416 e. The number of esters is 1. The summed E-state index contributed by atoms with van der Waals surface area (Å²) in [4.78, 5) is 23.8. The van der Waals surface area contributed by atoms with E-state index in [1.165, 1.54) is 37.1 Å². The molecule has 0 fully saturated rings. The number of aromatic carboxylic acids is 1. The summed E-state index contributed by atoms with van der Waals surface area (Å²) in [5, 5.41) is 9.57. The van der Waals surface area contributed by atoms with Crippen LogP contribution in [-0.4, -0.2) is 30.8 Å². The van der Waals surface area contributed by atoms with Gasteiger partial charge in [-0.1, -0.05) is 18.2 Å². The van der Waals surface area contributed by atoms with E-state index in [2.05, 4.69) is 4.74 Å². The van der Waals surface area contributed by atoms with Crippen LogP contribution in [0.1, 0.15) is 27.0 Å². The van der Waals surface area contributed by atoms with Crippen LogP contribution in [0.5, 0.6) is 5.75 Å². The number of methoxy groups -OCH3 is 1. The smallest absolute Gasteiger partial charge is 0.416 e. The summed E-state index contributed by atoms with van der Waals surface area (Å²) in [7, 11) is 1.27. The summed E-state index contributed by atoms with van der Waals surface area (Å²) in [6, 6.07) is 14.8. The van der Waals surface area contributed by atoms with Gasteiger partial charge in [-0.2, -0.15) is 13.2 Å². The molecule has 0 heterocycles. The molecule has 178 valence electrons. The molecule has 0 aliphatic carbocycles. The van der Waals surface area contributed by atoms with Crippen LogP contribution in [0, 0.1) is 6.92 Å². The molecule has 0 aliphatic rings. The van der Waals surface area contributed by atoms with Crippen molar-refractivity contribution in [3.05, 3.63) is 82.9 Å². The van der Waals surface area contributed by atoms with Crippen molar-refractivity contribution in [2.24, 2.45) is 0 Å². The van der Waals surface area contributed by atoms with Gasteiger partial charge in [0.05, 0.1) is 18.2 Å². The third kappa shape index (κ3) is 6.32. The minimum atomic E-state index is -4.43. The maximum atomic E-state index is 12.8. The number of benzene rings is 3. The van der Waals surface area contributed by atoms with Gasteiger partial charge in [0.15, 0.2) is 6.61 Å². The molecule has 5 nitrogen and oxygen atoms in total. The highest BCUT2D eigenvalue weighted by Crippen LogP contribution is 2.33. The molecular formula is C25H21F3O5S. The van der Waals surface area contributed by atoms with E-state index in [1.54, 1.807) is 24.3 Å². The number of ether oxygens (including phenoxy) is 2. The monoisotopic (exact) mass is 490 g/mol. The first-order valence-corrected chi connectivity index (χ1v) is 11.0. The highest BCUT2D eigenvalue weighted by Gasteiger charge is 2.30. The molecule has 0 atom stereocenters. The summed E-state index contributed by atoms with van der Waals surface area (Å²) in [6.07, 6.45) is -4.43. The summed E-state index contributed by atoms with van der Waals surface area (Å²) >= 11 is 1.41. The predicted octanol–water partition coefficient (Wildman–Crippen LogP) is 6.22. The largest absolute Gasteiger partial charge is 0.482 e. The lowest BCUT2D eigenvalue weighted by atomic mass is 9.99. The van der Waals surface area contributed by atoms with E-state index < -0.39 is 23.7 Å². The number of thioether (sulfide) groups is 1. The van der Waals surface area contributed by atoms with Gasteiger partial charge in [0, 0.05) is 10.6 Å². The van der Waals surface area contributed by atoms with E-state index in [-0.39, 0.29) is 12.2 Å². The Balaban J connectivity index is 1.79. The van der Waals surface area contributed by atoms with Gasteiger partial charge >= 0.3 is 18.1 Å². The van der Waals surface area contributed by atoms with Crippen LogP contribution in [0.15, 0.2) is 65.6 Å². The van der Waals surface area contributed by atoms with Crippen molar-refractivity contribution < 1.29 is 37.3 Å². The van der Waals surface area contributed by atoms with E-state index in [4.69, 9.17) is 4.74 Å². The lowest BCUT2D eigenvalue weighted by Crippen LogP contribution is -2.12. The van der Waals surface area contributed by atoms with Crippen molar-refractivity contribution in [2.45, 2.75) is 23.7 Å². The Morgan fingerprint density at radius 1 is 0.971 bits per heavy atom. The van der Waals surface area contributed by atoms with E-state index in [9.17, 15) is 27.9 Å². The minimum absolute atomic E-state index is 0.123. The molecule has 34 heavy (non-hydrogen) atoms. The fraction of sp³-hybridized carbons (Fsp3) is 0.200. The number of aryl methyl sites for hydroxylation is 1. The first-order chi connectivity index (χ1) is 16.1. The third-order valence-electron chi connectivity index (χ3n) is 5.00. The molecule has 3 rings (SSSR count). The van der Waals surface area contributed by atoms with Crippen LogP contribution in [0.2, 0.25) is 0 Å². The van der Waals surface area contributed by atoms with Crippen LogP contribution in [0.4, 0.5) is 13.2 Å². The van der Waals surface area contributed by atoms with Gasteiger partial charge in [-0.25, -0.2) is 9.59 Å². The molecule has 0 aromatic heterocycles. The summed E-state index contributed by atoms with van der Waals surface area (Å²) < 4.78 is 48.5. The van der Waals surface area contributed by atoms with Crippen LogP contribution in [-0.2, 0) is 21.5 Å². The van der Waals surface area contributed by atoms with Gasteiger partial charge < -0.3 is 14.6 Å². The molecule has 3 aromatic rings. The molecule has 0 spiro atoms. The normalized spacial score (nSPS) is 11.2. The quantitative estimate of drug-likeness (QED) is 0.298. The van der Waals surface area contributed by atoms with E-state index in [1.807, 2.05) is 13.0 Å². The second-order valence-electron chi connectivity index (χ2n) is 7.33. The minimum Gasteiger partial charge on any atom is -0.482 e. The lowest BCUT2D eigenvalue weighted by molar-refractivity contribution is -0.143. The van der Waals surface area contributed by atoms with Gasteiger partial charge in [-0.15, -0.1) is 11.8 Å². The van der Waals surface area contributed by atoms with Gasteiger partial charge in [0.2, 0.25) is 0 Å². The molecule has 0 saturated heterocycles. The molecular weight excluding hydrogens is 469 g/mol. The average molecular weight is 490 g/mol. The van der Waals surface area contributed by atoms with Crippen molar-refractivity contribution in [3.8, 4) is 16.9 Å². The Hall–Kier alpha value is -3.46. The summed E-state index contributed by atoms with van der Waals surface area (Å²) in [5.41, 5.74) is 1.89. The van der Waals surface area contributed by atoms with Crippen LogP contribution >= 0.6 is 11.8 Å². The molecule has 0 amide bonds. The Labute approximate surface area is 198 Å². The zero-order valence-corrected chi connectivity index (χ0v) is 19.1. The predicted molar refractivity (Wildman–Crippen MR) is 122 cm³/mol. The van der Waals surface area contributed by atoms with Crippen molar-refractivity contribution >= 4 is 23.7 Å². The van der Waals surface area contributed by atoms with E-state index >= 15 is 0 Å². The Kier molecular flexibility index (Phi) is 7.88. The topological polar surface area (TPSA) is 72.8 Å². The van der Waals surface area contributed by atoms with E-state index in [0.717, 1.165) is 22.6 Å². The number of carboxylic acids is 1. The average Bonchev–Trinajstić information content (AvgIpc) is 2.81. The fourth-order valence-electron chi connectivity index (χ4n) is 3.18. The molecule has 0 unspecified atom stereocenters. The maximum absolute atomic E-state index is 12.8. The fourth-order valence-corrected chi connectivity index (χ4v) is 4.17. The first kappa shape index (κ1) is 25.2. The first-order valence-electron chi connectivity index (χ1n) is 10.1. The molecule has 9 heteroatoms. The van der Waals surface area contributed by atoms with Gasteiger partial charge in [0.25, 0.3) is 0 Å². The van der Waals surface area contributed by atoms with Gasteiger partial charge in [-0.05, 0) is 71.6 Å². The molecule has 3 aromatic carbocycles. The van der Waals surface area contributed by atoms with Crippen LogP contribution in [0.3, 0.4) is 0 Å². The Morgan fingerprint density at radius 3 is 2.24 bits per heavy atom. The molecule has 0 saturated carbocycles. The number of alkyl halides is 3. The molecule has 0 bridgehead atoms.